The van der Waals surface area contributed by atoms with Gasteiger partial charge in [0.2, 0.25) is 0 Å². The number of hydrogen-bond donors (Lipinski definition) is 1. The molecule has 0 bridgehead atoms. The Morgan fingerprint density at radius 2 is 1.78 bits per heavy atom. The van der Waals surface area contributed by atoms with Crippen LogP contribution in [0.1, 0.15) is 49.4 Å². The minimum Gasteiger partial charge on any atom is -0.462 e. The van der Waals surface area contributed by atoms with Gasteiger partial charge in [0.15, 0.2) is 0 Å². The molecule has 1 rings (SSSR count). The molecule has 0 aliphatic carbocycles. The Labute approximate surface area is 110 Å². The van der Waals surface area contributed by atoms with Gasteiger partial charge in [-0.1, -0.05) is 32.6 Å². The van der Waals surface area contributed by atoms with E-state index in [9.17, 15) is 4.79 Å². The summed E-state index contributed by atoms with van der Waals surface area (Å²) in [6.07, 6.45) is 5.82. The van der Waals surface area contributed by atoms with E-state index in [1.54, 1.807) is 12.1 Å². The van der Waals surface area contributed by atoms with Gasteiger partial charge in [0, 0.05) is 12.7 Å². The smallest absolute Gasteiger partial charge is 0.338 e. The highest BCUT2D eigenvalue weighted by atomic mass is 16.5. The number of nitrogens with one attached hydrogen (secondary N) is 1. The second-order valence-corrected chi connectivity index (χ2v) is 4.38. The summed E-state index contributed by atoms with van der Waals surface area (Å²) in [5.74, 6) is -0.229. The number of esters is 1. The zero-order valence-corrected chi connectivity index (χ0v) is 11.4. The topological polar surface area (TPSA) is 38.3 Å². The first kappa shape index (κ1) is 14.6. The lowest BCUT2D eigenvalue weighted by Crippen LogP contribution is -2.06. The SMILES string of the molecule is CCCCCCCOC(=O)c1ccc(NC)cc1. The fourth-order valence-corrected chi connectivity index (χ4v) is 1.73. The van der Waals surface area contributed by atoms with Crippen molar-refractivity contribution in [3.8, 4) is 0 Å². The molecule has 100 valence electrons. The molecule has 3 heteroatoms. The Kier molecular flexibility index (Phi) is 6.92. The van der Waals surface area contributed by atoms with Crippen LogP contribution in [0.25, 0.3) is 0 Å². The monoisotopic (exact) mass is 249 g/mol. The van der Waals surface area contributed by atoms with Crippen LogP contribution in [-0.4, -0.2) is 19.6 Å². The summed E-state index contributed by atoms with van der Waals surface area (Å²) < 4.78 is 5.22. The largest absolute Gasteiger partial charge is 0.462 e. The molecule has 0 fully saturated rings. The summed E-state index contributed by atoms with van der Waals surface area (Å²) >= 11 is 0. The zero-order chi connectivity index (χ0) is 13.2. The average molecular weight is 249 g/mol. The van der Waals surface area contributed by atoms with Crippen LogP contribution >= 0.6 is 0 Å². The van der Waals surface area contributed by atoms with E-state index in [1.165, 1.54) is 19.3 Å². The highest BCUT2D eigenvalue weighted by Crippen LogP contribution is 2.10. The molecule has 1 aromatic rings. The Morgan fingerprint density at radius 3 is 2.39 bits per heavy atom. The van der Waals surface area contributed by atoms with Gasteiger partial charge in [-0.15, -0.1) is 0 Å². The van der Waals surface area contributed by atoms with E-state index < -0.39 is 0 Å². The molecule has 3 nitrogen and oxygen atoms in total. The first-order valence-electron chi connectivity index (χ1n) is 6.73. The minimum absolute atomic E-state index is 0.229. The lowest BCUT2D eigenvalue weighted by atomic mass is 10.2. The molecule has 0 radical (unpaired) electrons. The van der Waals surface area contributed by atoms with E-state index >= 15 is 0 Å². The maximum absolute atomic E-state index is 11.7. The Balaban J connectivity index is 2.23. The summed E-state index contributed by atoms with van der Waals surface area (Å²) in [6.45, 7) is 2.71. The van der Waals surface area contributed by atoms with Crippen LogP contribution < -0.4 is 5.32 Å². The van der Waals surface area contributed by atoms with Gasteiger partial charge in [0.1, 0.15) is 0 Å². The highest BCUT2D eigenvalue weighted by molar-refractivity contribution is 5.89. The van der Waals surface area contributed by atoms with E-state index in [0.29, 0.717) is 12.2 Å². The lowest BCUT2D eigenvalue weighted by molar-refractivity contribution is 0.0497. The minimum atomic E-state index is -0.229. The van der Waals surface area contributed by atoms with Gasteiger partial charge >= 0.3 is 5.97 Å². The molecule has 1 N–H and O–H groups in total. The molecule has 0 unspecified atom stereocenters. The van der Waals surface area contributed by atoms with Crippen LogP contribution in [0, 0.1) is 0 Å². The molecular weight excluding hydrogens is 226 g/mol. The molecular formula is C15H23NO2. The summed E-state index contributed by atoms with van der Waals surface area (Å²) in [4.78, 5) is 11.7. The molecule has 0 aromatic heterocycles. The number of carbonyl (C=O) groups is 1. The van der Waals surface area contributed by atoms with Crippen molar-refractivity contribution < 1.29 is 9.53 Å². The molecule has 0 spiro atoms. The predicted molar refractivity (Wildman–Crippen MR) is 75.0 cm³/mol. The summed E-state index contributed by atoms with van der Waals surface area (Å²) in [6, 6.07) is 7.31. The van der Waals surface area contributed by atoms with Crippen molar-refractivity contribution in [2.24, 2.45) is 0 Å². The van der Waals surface area contributed by atoms with Gasteiger partial charge in [-0.25, -0.2) is 4.79 Å². The van der Waals surface area contributed by atoms with Gasteiger partial charge in [-0.2, -0.15) is 0 Å². The summed E-state index contributed by atoms with van der Waals surface area (Å²) in [5.41, 5.74) is 1.61. The van der Waals surface area contributed by atoms with Crippen molar-refractivity contribution in [3.05, 3.63) is 29.8 Å². The fourth-order valence-electron chi connectivity index (χ4n) is 1.73. The van der Waals surface area contributed by atoms with Gasteiger partial charge in [0.25, 0.3) is 0 Å². The fraction of sp³-hybridized carbons (Fsp3) is 0.533. The molecule has 0 amide bonds. The Bertz CT molecular complexity index is 346. The van der Waals surface area contributed by atoms with Crippen molar-refractivity contribution >= 4 is 11.7 Å². The average Bonchev–Trinajstić information content (AvgIpc) is 2.42. The third-order valence-electron chi connectivity index (χ3n) is 2.89. The lowest BCUT2D eigenvalue weighted by Gasteiger charge is -2.05. The van der Waals surface area contributed by atoms with Crippen LogP contribution in [0.15, 0.2) is 24.3 Å². The molecule has 18 heavy (non-hydrogen) atoms. The summed E-state index contributed by atoms with van der Waals surface area (Å²) in [5, 5.41) is 3.01. The molecule has 0 saturated heterocycles. The number of rotatable bonds is 8. The Morgan fingerprint density at radius 1 is 1.11 bits per heavy atom. The normalized spacial score (nSPS) is 10.1. The van der Waals surface area contributed by atoms with Gasteiger partial charge < -0.3 is 10.1 Å². The molecule has 0 saturated carbocycles. The zero-order valence-electron chi connectivity index (χ0n) is 11.4. The second-order valence-electron chi connectivity index (χ2n) is 4.38. The number of unbranched alkanes of at least 4 members (excludes halogenated alkanes) is 4. The molecule has 0 atom stereocenters. The van der Waals surface area contributed by atoms with Crippen LogP contribution in [0.5, 0.6) is 0 Å². The van der Waals surface area contributed by atoms with Crippen LogP contribution in [0.4, 0.5) is 5.69 Å². The summed E-state index contributed by atoms with van der Waals surface area (Å²) in [7, 11) is 1.85. The van der Waals surface area contributed by atoms with Crippen molar-refractivity contribution in [1.82, 2.24) is 0 Å². The maximum atomic E-state index is 11.7. The quantitative estimate of drug-likeness (QED) is 0.561. The van der Waals surface area contributed by atoms with E-state index in [2.05, 4.69) is 12.2 Å². The van der Waals surface area contributed by atoms with Gasteiger partial charge in [-0.3, -0.25) is 0 Å². The van der Waals surface area contributed by atoms with Crippen LogP contribution in [0.2, 0.25) is 0 Å². The number of benzene rings is 1. The van der Waals surface area contributed by atoms with E-state index in [4.69, 9.17) is 4.74 Å². The number of anilines is 1. The number of hydrogen-bond acceptors (Lipinski definition) is 3. The van der Waals surface area contributed by atoms with E-state index in [0.717, 1.165) is 18.5 Å². The third kappa shape index (κ3) is 5.21. The number of ether oxygens (including phenoxy) is 1. The highest BCUT2D eigenvalue weighted by Gasteiger charge is 2.05. The second kappa shape index (κ2) is 8.56. The van der Waals surface area contributed by atoms with Gasteiger partial charge in [-0.05, 0) is 30.7 Å². The van der Waals surface area contributed by atoms with E-state index in [1.807, 2.05) is 19.2 Å². The Hall–Kier alpha value is -1.51. The first-order valence-corrected chi connectivity index (χ1v) is 6.73. The maximum Gasteiger partial charge on any atom is 0.338 e. The van der Waals surface area contributed by atoms with Crippen molar-refractivity contribution in [3.63, 3.8) is 0 Å². The van der Waals surface area contributed by atoms with Crippen molar-refractivity contribution in [1.29, 1.82) is 0 Å². The predicted octanol–water partition coefficient (Wildman–Crippen LogP) is 3.86. The molecule has 1 aromatic carbocycles. The van der Waals surface area contributed by atoms with Crippen molar-refractivity contribution in [2.45, 2.75) is 39.0 Å². The van der Waals surface area contributed by atoms with Crippen LogP contribution in [-0.2, 0) is 4.74 Å². The first-order chi connectivity index (χ1) is 8.77. The molecule has 0 aliphatic heterocycles. The van der Waals surface area contributed by atoms with Crippen LogP contribution in [0.3, 0.4) is 0 Å². The molecule has 0 aliphatic rings. The van der Waals surface area contributed by atoms with E-state index in [-0.39, 0.29) is 5.97 Å². The van der Waals surface area contributed by atoms with Gasteiger partial charge in [0.05, 0.1) is 12.2 Å². The molecule has 0 heterocycles. The number of carbonyl (C=O) groups excluding carboxylic acids is 1. The van der Waals surface area contributed by atoms with Crippen molar-refractivity contribution in [2.75, 3.05) is 19.0 Å². The standard InChI is InChI=1S/C15H23NO2/c1-3-4-5-6-7-12-18-15(17)13-8-10-14(16-2)11-9-13/h8-11,16H,3-7,12H2,1-2H3. The third-order valence-corrected chi connectivity index (χ3v) is 2.89.